The Morgan fingerprint density at radius 3 is 2.52 bits per heavy atom. The Balaban J connectivity index is 1.14. The minimum Gasteiger partial charge on any atom is -0.496 e. The SMILES string of the molecule is COc1ccccc1-c1ccnc(COc2ccc3cc2C[C@H](C(=O)O)Oc2ncnc4sc(-c5ccc(F)cc5)c(c24)-c2ccc(c(Cl)c2C)CN(CCN2CCCCC2)C3)n1. The van der Waals surface area contributed by atoms with E-state index in [-0.39, 0.29) is 24.7 Å². The molecule has 11 nitrogen and oxygen atoms in total. The van der Waals surface area contributed by atoms with E-state index in [0.717, 1.165) is 70.0 Å². The van der Waals surface area contributed by atoms with Gasteiger partial charge >= 0.3 is 5.97 Å². The fraction of sp³-hybridized carbons (Fsp3) is 0.286. The smallest absolute Gasteiger partial charge is 0.345 e. The van der Waals surface area contributed by atoms with Crippen LogP contribution in [0.4, 0.5) is 4.39 Å². The summed E-state index contributed by atoms with van der Waals surface area (Å²) in [6, 6.07) is 25.8. The second-order valence-corrected chi connectivity index (χ2v) is 17.3. The molecule has 322 valence electrons. The molecule has 7 aromatic rings. The second-order valence-electron chi connectivity index (χ2n) is 15.9. The number of para-hydroxylation sites is 1. The molecule has 4 aromatic carbocycles. The Labute approximate surface area is 374 Å². The number of benzene rings is 4. The fourth-order valence-corrected chi connectivity index (χ4v) is 9.91. The van der Waals surface area contributed by atoms with Gasteiger partial charge in [-0.15, -0.1) is 11.3 Å². The predicted octanol–water partition coefficient (Wildman–Crippen LogP) is 10.0. The van der Waals surface area contributed by atoms with Crippen LogP contribution in [-0.4, -0.2) is 80.2 Å². The Bertz CT molecular complexity index is 2780. The van der Waals surface area contributed by atoms with E-state index >= 15 is 0 Å². The predicted molar refractivity (Wildman–Crippen MR) is 243 cm³/mol. The summed E-state index contributed by atoms with van der Waals surface area (Å²) in [5, 5.41) is 12.0. The number of carbonyl (C=O) groups is 1. The Kier molecular flexibility index (Phi) is 12.6. The quantitative estimate of drug-likeness (QED) is 0.141. The van der Waals surface area contributed by atoms with Gasteiger partial charge in [-0.05, 0) is 103 Å². The Morgan fingerprint density at radius 2 is 1.71 bits per heavy atom. The molecule has 3 aliphatic heterocycles. The van der Waals surface area contributed by atoms with Gasteiger partial charge in [0, 0.05) is 59.8 Å². The molecule has 1 N–H and O–H groups in total. The van der Waals surface area contributed by atoms with Gasteiger partial charge in [0.1, 0.15) is 35.1 Å². The van der Waals surface area contributed by atoms with Crippen LogP contribution < -0.4 is 14.2 Å². The number of fused-ring (bicyclic) bond motifs is 6. The maximum absolute atomic E-state index is 14.3. The number of carboxylic acid groups (broad SMARTS) is 1. The number of likely N-dealkylation sites (tertiary alicyclic amines) is 1. The summed E-state index contributed by atoms with van der Waals surface area (Å²) in [6.07, 6.45) is 5.30. The van der Waals surface area contributed by atoms with E-state index in [2.05, 4.69) is 36.9 Å². The van der Waals surface area contributed by atoms with Crippen molar-refractivity contribution >= 4 is 39.1 Å². The molecule has 3 aliphatic rings. The maximum Gasteiger partial charge on any atom is 0.345 e. The average molecular weight is 885 g/mol. The normalized spacial score (nSPS) is 15.9. The maximum atomic E-state index is 14.3. The number of aliphatic carboxylic acids is 1. The Hall–Kier alpha value is -5.99. The topological polar surface area (TPSA) is 123 Å². The van der Waals surface area contributed by atoms with Gasteiger partial charge in [0.25, 0.3) is 0 Å². The third kappa shape index (κ3) is 9.24. The number of thiophene rings is 1. The van der Waals surface area contributed by atoms with Crippen LogP contribution in [0.1, 0.15) is 47.3 Å². The third-order valence-corrected chi connectivity index (χ3v) is 13.5. The number of nitrogens with zero attached hydrogens (tertiary/aromatic N) is 6. The van der Waals surface area contributed by atoms with E-state index in [1.165, 1.54) is 49.1 Å². The number of piperidine rings is 1. The number of hydrogen-bond donors (Lipinski definition) is 1. The molecule has 1 fully saturated rings. The molecule has 0 unspecified atom stereocenters. The van der Waals surface area contributed by atoms with Gasteiger partial charge in [-0.1, -0.05) is 66.6 Å². The van der Waals surface area contributed by atoms with Gasteiger partial charge in [0.2, 0.25) is 12.0 Å². The largest absolute Gasteiger partial charge is 0.496 e. The first-order valence-corrected chi connectivity index (χ1v) is 22.3. The minimum absolute atomic E-state index is 0.0281. The van der Waals surface area contributed by atoms with Crippen molar-refractivity contribution < 1.29 is 28.5 Å². The highest BCUT2D eigenvalue weighted by Crippen LogP contribution is 2.49. The van der Waals surface area contributed by atoms with Crippen LogP contribution >= 0.6 is 22.9 Å². The van der Waals surface area contributed by atoms with Gasteiger partial charge in [-0.3, -0.25) is 4.90 Å². The van der Waals surface area contributed by atoms with Crippen LogP contribution in [0.15, 0.2) is 97.5 Å². The second kappa shape index (κ2) is 18.8. The summed E-state index contributed by atoms with van der Waals surface area (Å²) in [5.74, 6) is 0.203. The molecule has 0 amide bonds. The molecule has 1 saturated heterocycles. The zero-order chi connectivity index (χ0) is 43.5. The number of hydrogen-bond acceptors (Lipinski definition) is 11. The van der Waals surface area contributed by atoms with Gasteiger partial charge in [-0.2, -0.15) is 0 Å². The highest BCUT2D eigenvalue weighted by atomic mass is 35.5. The van der Waals surface area contributed by atoms with E-state index in [4.69, 9.17) is 30.8 Å². The molecule has 0 saturated carbocycles. The summed E-state index contributed by atoms with van der Waals surface area (Å²) in [6.45, 7) is 7.07. The zero-order valence-electron chi connectivity index (χ0n) is 35.0. The van der Waals surface area contributed by atoms with Crippen LogP contribution in [0.25, 0.3) is 43.0 Å². The van der Waals surface area contributed by atoms with Crippen molar-refractivity contribution in [3.05, 3.63) is 136 Å². The lowest BCUT2D eigenvalue weighted by atomic mass is 9.94. The number of methoxy groups -OCH3 is 1. The lowest BCUT2D eigenvalue weighted by Gasteiger charge is -2.30. The number of ether oxygens (including phenoxy) is 3. The van der Waals surface area contributed by atoms with E-state index in [1.807, 2.05) is 55.5 Å². The average Bonchev–Trinajstić information content (AvgIpc) is 3.69. The van der Waals surface area contributed by atoms with Crippen LogP contribution in [0.2, 0.25) is 5.02 Å². The molecule has 4 bridgehead atoms. The third-order valence-electron chi connectivity index (χ3n) is 11.8. The van der Waals surface area contributed by atoms with Crippen molar-refractivity contribution in [2.75, 3.05) is 33.3 Å². The van der Waals surface area contributed by atoms with E-state index in [0.29, 0.717) is 56.9 Å². The molecule has 63 heavy (non-hydrogen) atoms. The number of carboxylic acids is 1. The molecule has 1 atom stereocenters. The first-order valence-electron chi connectivity index (χ1n) is 21.1. The molecule has 0 spiro atoms. The minimum atomic E-state index is -1.37. The van der Waals surface area contributed by atoms with Gasteiger partial charge in [0.05, 0.1) is 18.2 Å². The van der Waals surface area contributed by atoms with Crippen molar-refractivity contribution in [1.29, 1.82) is 0 Å². The van der Waals surface area contributed by atoms with Crippen molar-refractivity contribution in [2.45, 2.75) is 58.4 Å². The van der Waals surface area contributed by atoms with E-state index in [1.54, 1.807) is 25.4 Å². The first-order chi connectivity index (χ1) is 30.7. The van der Waals surface area contributed by atoms with Crippen LogP contribution in [-0.2, 0) is 30.9 Å². The zero-order valence-corrected chi connectivity index (χ0v) is 36.6. The number of aromatic nitrogens is 4. The van der Waals surface area contributed by atoms with E-state index < -0.39 is 12.1 Å². The molecular weight excluding hydrogens is 839 g/mol. The fourth-order valence-electron chi connectivity index (χ4n) is 8.53. The summed E-state index contributed by atoms with van der Waals surface area (Å²) in [4.78, 5) is 38.1. The van der Waals surface area contributed by atoms with E-state index in [9.17, 15) is 14.3 Å². The summed E-state index contributed by atoms with van der Waals surface area (Å²) < 4.78 is 32.8. The number of halogens is 2. The van der Waals surface area contributed by atoms with Gasteiger partial charge in [-0.25, -0.2) is 29.1 Å². The van der Waals surface area contributed by atoms with Crippen molar-refractivity contribution in [3.63, 3.8) is 0 Å². The molecule has 0 radical (unpaired) electrons. The highest BCUT2D eigenvalue weighted by Gasteiger charge is 2.29. The summed E-state index contributed by atoms with van der Waals surface area (Å²) in [7, 11) is 1.62. The monoisotopic (exact) mass is 884 g/mol. The summed E-state index contributed by atoms with van der Waals surface area (Å²) in [5.41, 5.74) is 7.31. The molecule has 14 heteroatoms. The lowest BCUT2D eigenvalue weighted by molar-refractivity contribution is -0.145. The molecule has 3 aromatic heterocycles. The van der Waals surface area contributed by atoms with Crippen LogP contribution in [0.5, 0.6) is 17.4 Å². The molecule has 10 rings (SSSR count). The molecule has 0 aliphatic carbocycles. The van der Waals surface area contributed by atoms with Crippen LogP contribution in [0, 0.1) is 12.7 Å². The van der Waals surface area contributed by atoms with Gasteiger partial charge < -0.3 is 24.2 Å². The Morgan fingerprint density at radius 1 is 0.905 bits per heavy atom. The molecular formula is C49H46ClFN6O5S. The molecule has 6 heterocycles. The van der Waals surface area contributed by atoms with Crippen LogP contribution in [0.3, 0.4) is 0 Å². The number of rotatable bonds is 10. The highest BCUT2D eigenvalue weighted by molar-refractivity contribution is 7.22. The lowest BCUT2D eigenvalue weighted by Crippen LogP contribution is -2.37. The van der Waals surface area contributed by atoms with Crippen molar-refractivity contribution in [1.82, 2.24) is 29.7 Å². The van der Waals surface area contributed by atoms with Gasteiger partial charge in [0.15, 0.2) is 5.82 Å². The van der Waals surface area contributed by atoms with Crippen molar-refractivity contribution in [3.8, 4) is 50.2 Å². The van der Waals surface area contributed by atoms with Crippen molar-refractivity contribution in [2.24, 2.45) is 0 Å². The standard InChI is InChI=1S/C49H46ClFN6O5S/c1-30-36-16-13-33(45(30)50)27-57(23-22-56-20-6-3-7-21-56)26-31-10-17-39(61-28-42-52-19-18-38(55-42)37-8-4-5-9-40(37)60-2)34(24-31)25-41(49(58)59)62-47-44-43(36)46(63-48(44)54-29-53-47)32-11-14-35(51)15-12-32/h4-5,8-19,24,29,41H,3,6-7,20-23,25-28H2,1-2H3,(H,58,59)/t41-/m1/s1. The summed E-state index contributed by atoms with van der Waals surface area (Å²) >= 11 is 8.77. The first kappa shape index (κ1) is 42.3.